The second-order valence-corrected chi connectivity index (χ2v) is 6.63. The monoisotopic (exact) mass is 442 g/mol. The molecule has 0 saturated carbocycles. The molecular formula is C13H13Cl2IN2O3. The second-order valence-electron chi connectivity index (χ2n) is 4.71. The van der Waals surface area contributed by atoms with Gasteiger partial charge in [-0.2, -0.15) is 0 Å². The third-order valence-corrected chi connectivity index (χ3v) is 5.24. The number of nitrogens with zero attached hydrogens (tertiary/aromatic N) is 2. The van der Waals surface area contributed by atoms with Gasteiger partial charge in [0, 0.05) is 34.8 Å². The van der Waals surface area contributed by atoms with Crippen molar-refractivity contribution in [3.63, 3.8) is 0 Å². The number of halogens is 3. The molecule has 1 amide bonds. The zero-order valence-electron chi connectivity index (χ0n) is 11.0. The highest BCUT2D eigenvalue weighted by Crippen LogP contribution is 2.28. The van der Waals surface area contributed by atoms with Crippen molar-refractivity contribution in [2.75, 3.05) is 32.7 Å². The highest BCUT2D eigenvalue weighted by atomic mass is 127. The van der Waals surface area contributed by atoms with Gasteiger partial charge in [0.1, 0.15) is 0 Å². The number of piperazine rings is 1. The number of aliphatic carboxylic acids is 1. The molecule has 8 heteroatoms. The van der Waals surface area contributed by atoms with Crippen molar-refractivity contribution in [1.29, 1.82) is 0 Å². The van der Waals surface area contributed by atoms with E-state index in [0.717, 1.165) is 0 Å². The summed E-state index contributed by atoms with van der Waals surface area (Å²) in [4.78, 5) is 26.7. The zero-order valence-corrected chi connectivity index (χ0v) is 14.7. The Hall–Kier alpha value is -0.570. The number of carbonyl (C=O) groups excluding carboxylic acids is 1. The fourth-order valence-electron chi connectivity index (χ4n) is 2.18. The van der Waals surface area contributed by atoms with Crippen molar-refractivity contribution in [3.05, 3.63) is 31.3 Å². The number of benzene rings is 1. The molecule has 1 aromatic carbocycles. The molecule has 0 bridgehead atoms. The molecule has 1 aliphatic rings. The topological polar surface area (TPSA) is 60.9 Å². The first kappa shape index (κ1) is 16.8. The number of carboxylic acid groups (broad SMARTS) is 1. The van der Waals surface area contributed by atoms with E-state index in [-0.39, 0.29) is 12.5 Å². The van der Waals surface area contributed by atoms with Crippen LogP contribution in [-0.4, -0.2) is 59.5 Å². The summed E-state index contributed by atoms with van der Waals surface area (Å²) in [5.41, 5.74) is 0.486. The van der Waals surface area contributed by atoms with E-state index in [9.17, 15) is 9.59 Å². The van der Waals surface area contributed by atoms with Crippen molar-refractivity contribution in [2.45, 2.75) is 0 Å². The minimum atomic E-state index is -0.856. The molecule has 1 heterocycles. The van der Waals surface area contributed by atoms with Gasteiger partial charge in [-0.15, -0.1) is 0 Å². The SMILES string of the molecule is O=C(O)CN1CCN(C(=O)c2cc(Cl)cc(Cl)c2I)CC1. The van der Waals surface area contributed by atoms with Gasteiger partial charge in [0.15, 0.2) is 0 Å². The molecule has 1 N–H and O–H groups in total. The number of carboxylic acids is 1. The van der Waals surface area contributed by atoms with Crippen LogP contribution in [0.3, 0.4) is 0 Å². The minimum absolute atomic E-state index is 0.00254. The van der Waals surface area contributed by atoms with Crippen LogP contribution in [0.25, 0.3) is 0 Å². The molecule has 21 heavy (non-hydrogen) atoms. The minimum Gasteiger partial charge on any atom is -0.480 e. The lowest BCUT2D eigenvalue weighted by molar-refractivity contribution is -0.138. The molecule has 114 valence electrons. The van der Waals surface area contributed by atoms with E-state index in [0.29, 0.717) is 45.4 Å². The van der Waals surface area contributed by atoms with Crippen molar-refractivity contribution >= 4 is 57.7 Å². The molecule has 1 saturated heterocycles. The lowest BCUT2D eigenvalue weighted by Crippen LogP contribution is -2.50. The Balaban J connectivity index is 2.07. The Morgan fingerprint density at radius 1 is 1.19 bits per heavy atom. The third-order valence-electron chi connectivity index (χ3n) is 3.24. The molecule has 0 atom stereocenters. The number of rotatable bonds is 3. The zero-order chi connectivity index (χ0) is 15.6. The van der Waals surface area contributed by atoms with Crippen LogP contribution in [0.4, 0.5) is 0 Å². The van der Waals surface area contributed by atoms with Gasteiger partial charge in [-0.05, 0) is 34.7 Å². The molecule has 5 nitrogen and oxygen atoms in total. The average Bonchev–Trinajstić information content (AvgIpc) is 2.42. The first-order chi connectivity index (χ1) is 9.88. The summed E-state index contributed by atoms with van der Waals surface area (Å²) >= 11 is 14.0. The van der Waals surface area contributed by atoms with Gasteiger partial charge in [-0.3, -0.25) is 14.5 Å². The van der Waals surface area contributed by atoms with Crippen LogP contribution < -0.4 is 0 Å². The van der Waals surface area contributed by atoms with Gasteiger partial charge in [0.2, 0.25) is 0 Å². The summed E-state index contributed by atoms with van der Waals surface area (Å²) in [6.07, 6.45) is 0. The Morgan fingerprint density at radius 3 is 2.38 bits per heavy atom. The largest absolute Gasteiger partial charge is 0.480 e. The summed E-state index contributed by atoms with van der Waals surface area (Å²) in [5, 5.41) is 9.64. The molecule has 0 aromatic heterocycles. The first-order valence-corrected chi connectivity index (χ1v) is 8.10. The Kier molecular flexibility index (Phi) is 5.70. The van der Waals surface area contributed by atoms with Crippen LogP contribution in [0.2, 0.25) is 10.0 Å². The van der Waals surface area contributed by atoms with E-state index < -0.39 is 5.97 Å². The smallest absolute Gasteiger partial charge is 0.317 e. The summed E-state index contributed by atoms with van der Waals surface area (Å²) in [7, 11) is 0. The fourth-order valence-corrected chi connectivity index (χ4v) is 3.22. The van der Waals surface area contributed by atoms with Crippen LogP contribution in [0.1, 0.15) is 10.4 Å². The number of hydrogen-bond donors (Lipinski definition) is 1. The summed E-state index contributed by atoms with van der Waals surface area (Å²) in [6.45, 7) is 2.08. The molecule has 0 unspecified atom stereocenters. The van der Waals surface area contributed by atoms with E-state index in [1.165, 1.54) is 0 Å². The summed E-state index contributed by atoms with van der Waals surface area (Å²) < 4.78 is 0.677. The average molecular weight is 443 g/mol. The van der Waals surface area contributed by atoms with Crippen LogP contribution >= 0.6 is 45.8 Å². The quantitative estimate of drug-likeness (QED) is 0.577. The van der Waals surface area contributed by atoms with Crippen molar-refractivity contribution in [2.24, 2.45) is 0 Å². The molecule has 0 aliphatic carbocycles. The van der Waals surface area contributed by atoms with Gasteiger partial charge in [-0.1, -0.05) is 23.2 Å². The van der Waals surface area contributed by atoms with Gasteiger partial charge in [-0.25, -0.2) is 0 Å². The van der Waals surface area contributed by atoms with Crippen LogP contribution in [0.15, 0.2) is 12.1 Å². The fraction of sp³-hybridized carbons (Fsp3) is 0.385. The molecule has 1 fully saturated rings. The van der Waals surface area contributed by atoms with Crippen molar-refractivity contribution in [1.82, 2.24) is 9.80 Å². The first-order valence-electron chi connectivity index (χ1n) is 6.26. The van der Waals surface area contributed by atoms with Crippen LogP contribution in [0, 0.1) is 3.57 Å². The van der Waals surface area contributed by atoms with Gasteiger partial charge >= 0.3 is 5.97 Å². The van der Waals surface area contributed by atoms with Crippen LogP contribution in [-0.2, 0) is 4.79 Å². The Morgan fingerprint density at radius 2 is 1.81 bits per heavy atom. The lowest BCUT2D eigenvalue weighted by atomic mass is 10.2. The molecule has 1 aromatic rings. The molecular weight excluding hydrogens is 430 g/mol. The number of carbonyl (C=O) groups is 2. The highest BCUT2D eigenvalue weighted by Gasteiger charge is 2.25. The van der Waals surface area contributed by atoms with E-state index in [2.05, 4.69) is 0 Å². The predicted octanol–water partition coefficient (Wildman–Crippen LogP) is 2.44. The normalized spacial score (nSPS) is 16.0. The van der Waals surface area contributed by atoms with Gasteiger partial charge in [0.05, 0.1) is 17.1 Å². The van der Waals surface area contributed by atoms with Crippen LogP contribution in [0.5, 0.6) is 0 Å². The van der Waals surface area contributed by atoms with E-state index in [4.69, 9.17) is 28.3 Å². The number of amides is 1. The lowest BCUT2D eigenvalue weighted by Gasteiger charge is -2.34. The highest BCUT2D eigenvalue weighted by molar-refractivity contribution is 14.1. The number of hydrogen-bond acceptors (Lipinski definition) is 3. The summed E-state index contributed by atoms with van der Waals surface area (Å²) in [6, 6.07) is 3.22. The van der Waals surface area contributed by atoms with E-state index in [1.807, 2.05) is 27.5 Å². The van der Waals surface area contributed by atoms with Gasteiger partial charge in [0.25, 0.3) is 5.91 Å². The molecule has 0 radical (unpaired) electrons. The molecule has 2 rings (SSSR count). The Bertz CT molecular complexity index is 575. The predicted molar refractivity (Wildman–Crippen MR) is 89.2 cm³/mol. The van der Waals surface area contributed by atoms with Crippen molar-refractivity contribution < 1.29 is 14.7 Å². The standard InChI is InChI=1S/C13H13Cl2IN2O3/c14-8-5-9(12(16)10(15)6-8)13(21)18-3-1-17(2-4-18)7-11(19)20/h5-6H,1-4,7H2,(H,19,20). The van der Waals surface area contributed by atoms with E-state index >= 15 is 0 Å². The maximum absolute atomic E-state index is 12.5. The molecule has 0 spiro atoms. The Labute approximate surface area is 145 Å². The summed E-state index contributed by atoms with van der Waals surface area (Å²) in [5.74, 6) is -0.982. The maximum Gasteiger partial charge on any atom is 0.317 e. The van der Waals surface area contributed by atoms with Gasteiger partial charge < -0.3 is 10.0 Å². The van der Waals surface area contributed by atoms with E-state index in [1.54, 1.807) is 17.0 Å². The maximum atomic E-state index is 12.5. The second kappa shape index (κ2) is 7.13. The molecule has 1 aliphatic heterocycles. The van der Waals surface area contributed by atoms with Crippen molar-refractivity contribution in [3.8, 4) is 0 Å². The third kappa shape index (κ3) is 4.21.